The molecule has 0 saturated carbocycles. The average molecular weight is 301 g/mol. The third-order valence-corrected chi connectivity index (χ3v) is 3.39. The highest BCUT2D eigenvalue weighted by molar-refractivity contribution is 7.71. The van der Waals surface area contributed by atoms with E-state index in [1.54, 1.807) is 28.9 Å². The molecule has 0 radical (unpaired) electrons. The van der Waals surface area contributed by atoms with Crippen molar-refractivity contribution in [2.45, 2.75) is 6.42 Å². The van der Waals surface area contributed by atoms with Crippen LogP contribution in [0, 0.1) is 10.6 Å². The molecule has 0 bridgehead atoms. The van der Waals surface area contributed by atoms with Crippen molar-refractivity contribution in [3.8, 4) is 5.69 Å². The summed E-state index contributed by atoms with van der Waals surface area (Å²) in [7, 11) is 0. The van der Waals surface area contributed by atoms with E-state index in [2.05, 4.69) is 10.2 Å². The summed E-state index contributed by atoms with van der Waals surface area (Å²) >= 11 is 5.25. The largest absolute Gasteiger partial charge is 0.512 e. The molecule has 0 fully saturated rings. The van der Waals surface area contributed by atoms with Gasteiger partial charge in [-0.3, -0.25) is 9.67 Å². The van der Waals surface area contributed by atoms with E-state index in [0.717, 1.165) is 5.57 Å². The molecule has 0 aliphatic heterocycles. The zero-order valence-corrected chi connectivity index (χ0v) is 11.8. The summed E-state index contributed by atoms with van der Waals surface area (Å²) in [6.45, 7) is 0. The van der Waals surface area contributed by atoms with Crippen molar-refractivity contribution in [2.75, 3.05) is 0 Å². The van der Waals surface area contributed by atoms with E-state index in [-0.39, 0.29) is 11.6 Å². The molecule has 2 aromatic rings. The Hall–Kier alpha value is -2.47. The van der Waals surface area contributed by atoms with Crippen LogP contribution in [0.4, 0.5) is 4.39 Å². The van der Waals surface area contributed by atoms with Gasteiger partial charge in [0.05, 0.1) is 11.4 Å². The number of H-pyrrole nitrogens is 1. The second kappa shape index (κ2) is 5.49. The number of aliphatic hydroxyl groups excluding tert-OH is 1. The number of aromatic nitrogens is 3. The van der Waals surface area contributed by atoms with Gasteiger partial charge in [0.1, 0.15) is 5.82 Å². The Morgan fingerprint density at radius 1 is 1.19 bits per heavy atom. The third-order valence-electron chi connectivity index (χ3n) is 3.11. The molecule has 0 atom stereocenters. The van der Waals surface area contributed by atoms with Gasteiger partial charge >= 0.3 is 0 Å². The molecule has 0 spiro atoms. The Bertz CT molecular complexity index is 812. The number of hydrogen-bond donors (Lipinski definition) is 2. The number of nitrogens with one attached hydrogen (secondary N) is 1. The molecule has 106 valence electrons. The van der Waals surface area contributed by atoms with Crippen molar-refractivity contribution >= 4 is 17.8 Å². The van der Waals surface area contributed by atoms with Gasteiger partial charge in [-0.15, -0.1) is 0 Å². The maximum Gasteiger partial charge on any atom is 0.200 e. The Morgan fingerprint density at radius 2 is 1.90 bits per heavy atom. The van der Waals surface area contributed by atoms with Gasteiger partial charge in [0.25, 0.3) is 0 Å². The molecule has 3 rings (SSSR count). The number of rotatable bonds is 2. The Morgan fingerprint density at radius 3 is 2.67 bits per heavy atom. The van der Waals surface area contributed by atoms with E-state index in [9.17, 15) is 9.50 Å². The minimum absolute atomic E-state index is 0.245. The highest BCUT2D eigenvalue weighted by Gasteiger charge is 2.15. The lowest BCUT2D eigenvalue weighted by atomic mass is 10.1. The number of benzene rings is 1. The van der Waals surface area contributed by atoms with Crippen molar-refractivity contribution in [2.24, 2.45) is 0 Å². The minimum atomic E-state index is -0.312. The van der Waals surface area contributed by atoms with Crippen molar-refractivity contribution in [1.29, 1.82) is 0 Å². The van der Waals surface area contributed by atoms with E-state index < -0.39 is 0 Å². The zero-order chi connectivity index (χ0) is 14.8. The van der Waals surface area contributed by atoms with Gasteiger partial charge in [-0.1, -0.05) is 18.2 Å². The predicted molar refractivity (Wildman–Crippen MR) is 81.2 cm³/mol. The molecule has 1 heterocycles. The molecule has 4 nitrogen and oxygen atoms in total. The maximum absolute atomic E-state index is 13.1. The fraction of sp³-hybridized carbons (Fsp3) is 0.0667. The predicted octanol–water partition coefficient (Wildman–Crippen LogP) is 3.85. The summed E-state index contributed by atoms with van der Waals surface area (Å²) in [4.78, 5) is 0. The summed E-state index contributed by atoms with van der Waals surface area (Å²) in [5.41, 5.74) is 1.52. The standard InChI is InChI=1S/C15H12FN3OS/c16-11-5-7-12(8-6-11)19-14(17-18-15(19)21)10-3-1-2-4-13(20)9-10/h1-8,20H,9H2,(H,18,21). The smallest absolute Gasteiger partial charge is 0.200 e. The van der Waals surface area contributed by atoms with Crippen LogP contribution >= 0.6 is 12.2 Å². The van der Waals surface area contributed by atoms with Crippen molar-refractivity contribution < 1.29 is 9.50 Å². The molecule has 0 amide bonds. The van der Waals surface area contributed by atoms with Crippen molar-refractivity contribution in [1.82, 2.24) is 14.8 Å². The first-order valence-corrected chi connectivity index (χ1v) is 6.75. The van der Waals surface area contributed by atoms with E-state index >= 15 is 0 Å². The third kappa shape index (κ3) is 2.71. The number of aromatic amines is 1. The summed E-state index contributed by atoms with van der Waals surface area (Å²) in [6, 6.07) is 6.00. The van der Waals surface area contributed by atoms with Crippen LogP contribution in [0.15, 0.2) is 54.3 Å². The van der Waals surface area contributed by atoms with Crippen molar-refractivity contribution in [3.05, 3.63) is 70.7 Å². The van der Waals surface area contributed by atoms with E-state index in [1.165, 1.54) is 12.1 Å². The molecule has 0 saturated heterocycles. The molecule has 0 unspecified atom stereocenters. The zero-order valence-electron chi connectivity index (χ0n) is 11.0. The van der Waals surface area contributed by atoms with Gasteiger partial charge in [0.15, 0.2) is 10.6 Å². The van der Waals surface area contributed by atoms with Crippen LogP contribution in [0.3, 0.4) is 0 Å². The van der Waals surface area contributed by atoms with Crippen LogP contribution in [0.2, 0.25) is 0 Å². The van der Waals surface area contributed by atoms with E-state index in [1.807, 2.05) is 12.2 Å². The van der Waals surface area contributed by atoms with Gasteiger partial charge in [-0.2, -0.15) is 5.10 Å². The second-order valence-electron chi connectivity index (χ2n) is 4.58. The molecule has 21 heavy (non-hydrogen) atoms. The molecular formula is C15H12FN3OS. The number of aliphatic hydroxyl groups is 1. The maximum atomic E-state index is 13.1. The Kier molecular flexibility index (Phi) is 3.53. The first-order chi connectivity index (χ1) is 10.1. The van der Waals surface area contributed by atoms with Gasteiger partial charge in [-0.25, -0.2) is 4.39 Å². The quantitative estimate of drug-likeness (QED) is 0.828. The number of halogens is 1. The van der Waals surface area contributed by atoms with E-state index in [0.29, 0.717) is 22.7 Å². The van der Waals surface area contributed by atoms with Gasteiger partial charge in [-0.05, 0) is 42.6 Å². The molecule has 2 N–H and O–H groups in total. The van der Waals surface area contributed by atoms with Crippen LogP contribution in [0.5, 0.6) is 0 Å². The van der Waals surface area contributed by atoms with Crippen LogP contribution in [-0.2, 0) is 0 Å². The van der Waals surface area contributed by atoms with Crippen LogP contribution in [0.25, 0.3) is 11.3 Å². The SMILES string of the molecule is OC1=CC=CC=C(c2n[nH]c(=S)n2-c2ccc(F)cc2)C1. The number of hydrogen-bond acceptors (Lipinski definition) is 3. The normalized spacial score (nSPS) is 14.5. The topological polar surface area (TPSA) is 53.8 Å². The molecule has 1 aliphatic rings. The average Bonchev–Trinajstić information content (AvgIpc) is 2.71. The lowest BCUT2D eigenvalue weighted by Crippen LogP contribution is -2.02. The van der Waals surface area contributed by atoms with Gasteiger partial charge in [0, 0.05) is 12.0 Å². The molecule has 6 heteroatoms. The summed E-state index contributed by atoms with van der Waals surface area (Å²) in [5, 5.41) is 16.7. The summed E-state index contributed by atoms with van der Waals surface area (Å²) < 4.78 is 15.2. The fourth-order valence-corrected chi connectivity index (χ4v) is 2.38. The highest BCUT2D eigenvalue weighted by atomic mass is 32.1. The van der Waals surface area contributed by atoms with Crippen LogP contribution in [-0.4, -0.2) is 19.9 Å². The lowest BCUT2D eigenvalue weighted by Gasteiger charge is -2.09. The number of nitrogens with zero attached hydrogens (tertiary/aromatic N) is 2. The summed E-state index contributed by atoms with van der Waals surface area (Å²) in [5.74, 6) is 0.528. The Balaban J connectivity index is 2.11. The first-order valence-electron chi connectivity index (χ1n) is 6.34. The fourth-order valence-electron chi connectivity index (χ4n) is 2.15. The Labute approximate surface area is 125 Å². The highest BCUT2D eigenvalue weighted by Crippen LogP contribution is 2.24. The van der Waals surface area contributed by atoms with Gasteiger partial charge < -0.3 is 5.11 Å². The first kappa shape index (κ1) is 13.5. The van der Waals surface area contributed by atoms with Gasteiger partial charge in [0.2, 0.25) is 0 Å². The van der Waals surface area contributed by atoms with E-state index in [4.69, 9.17) is 12.2 Å². The number of allylic oxidation sites excluding steroid dienone is 5. The minimum Gasteiger partial charge on any atom is -0.512 e. The molecular weight excluding hydrogens is 289 g/mol. The summed E-state index contributed by atoms with van der Waals surface area (Å²) in [6.07, 6.45) is 7.43. The van der Waals surface area contributed by atoms with Crippen LogP contribution < -0.4 is 0 Å². The lowest BCUT2D eigenvalue weighted by molar-refractivity contribution is 0.403. The van der Waals surface area contributed by atoms with Crippen molar-refractivity contribution in [3.63, 3.8) is 0 Å². The monoisotopic (exact) mass is 301 g/mol. The molecule has 1 aliphatic carbocycles. The second-order valence-corrected chi connectivity index (χ2v) is 4.96. The van der Waals surface area contributed by atoms with Crippen LogP contribution in [0.1, 0.15) is 12.2 Å². The molecule has 1 aromatic carbocycles. The molecule has 1 aromatic heterocycles.